The number of rotatable bonds is 6. The van der Waals surface area contributed by atoms with Crippen molar-refractivity contribution in [1.82, 2.24) is 4.90 Å². The largest absolute Gasteiger partial charge is 0.497 e. The highest BCUT2D eigenvalue weighted by Gasteiger charge is 2.05. The topological polar surface area (TPSA) is 33.7 Å². The molecule has 0 fully saturated rings. The Hall–Kier alpha value is -1.79. The molecule has 2 aromatic rings. The lowest BCUT2D eigenvalue weighted by Gasteiger charge is -2.21. The summed E-state index contributed by atoms with van der Waals surface area (Å²) in [5, 5.41) is 3.86. The number of hydrogen-bond donors (Lipinski definition) is 1. The minimum absolute atomic E-state index is 0.545. The Morgan fingerprint density at radius 1 is 1.17 bits per heavy atom. The Labute approximate surface area is 150 Å². The number of thiocarbonyl (C=S) groups is 1. The van der Waals surface area contributed by atoms with Gasteiger partial charge in [-0.25, -0.2) is 0 Å². The SMILES string of the molecule is COc1ccc(OCCN(C)C(=S)Nc2cccc(Br)c2)cc1. The first-order valence-corrected chi connectivity index (χ1v) is 8.33. The van der Waals surface area contributed by atoms with Crippen molar-refractivity contribution in [3.63, 3.8) is 0 Å². The van der Waals surface area contributed by atoms with E-state index in [-0.39, 0.29) is 0 Å². The zero-order valence-electron chi connectivity index (χ0n) is 13.1. The van der Waals surface area contributed by atoms with Crippen LogP contribution in [-0.2, 0) is 0 Å². The third-order valence-electron chi connectivity index (χ3n) is 3.18. The second kappa shape index (κ2) is 8.74. The van der Waals surface area contributed by atoms with Gasteiger partial charge >= 0.3 is 0 Å². The van der Waals surface area contributed by atoms with Crippen molar-refractivity contribution in [3.8, 4) is 11.5 Å². The zero-order valence-corrected chi connectivity index (χ0v) is 15.5. The summed E-state index contributed by atoms with van der Waals surface area (Å²) in [6, 6.07) is 15.4. The maximum Gasteiger partial charge on any atom is 0.173 e. The van der Waals surface area contributed by atoms with Crippen LogP contribution in [0.3, 0.4) is 0 Å². The third-order valence-corrected chi connectivity index (χ3v) is 4.08. The molecule has 6 heteroatoms. The molecule has 0 radical (unpaired) electrons. The molecule has 0 aromatic heterocycles. The van der Waals surface area contributed by atoms with Crippen molar-refractivity contribution in [3.05, 3.63) is 53.0 Å². The lowest BCUT2D eigenvalue weighted by atomic mass is 10.3. The zero-order chi connectivity index (χ0) is 16.7. The van der Waals surface area contributed by atoms with Gasteiger partial charge in [0.15, 0.2) is 5.11 Å². The fraction of sp³-hybridized carbons (Fsp3) is 0.235. The molecule has 0 aliphatic rings. The van der Waals surface area contributed by atoms with Gasteiger partial charge in [-0.05, 0) is 54.7 Å². The van der Waals surface area contributed by atoms with Crippen LogP contribution >= 0.6 is 28.1 Å². The number of halogens is 1. The van der Waals surface area contributed by atoms with E-state index in [4.69, 9.17) is 21.7 Å². The average Bonchev–Trinajstić information content (AvgIpc) is 2.55. The highest BCUT2D eigenvalue weighted by atomic mass is 79.9. The molecule has 0 aliphatic carbocycles. The van der Waals surface area contributed by atoms with Crippen LogP contribution in [0.15, 0.2) is 53.0 Å². The summed E-state index contributed by atoms with van der Waals surface area (Å²) < 4.78 is 11.8. The van der Waals surface area contributed by atoms with Crippen molar-refractivity contribution >= 4 is 38.9 Å². The van der Waals surface area contributed by atoms with Crippen molar-refractivity contribution < 1.29 is 9.47 Å². The lowest BCUT2D eigenvalue weighted by molar-refractivity contribution is 0.285. The van der Waals surface area contributed by atoms with Crippen LogP contribution in [0.1, 0.15) is 0 Å². The van der Waals surface area contributed by atoms with Gasteiger partial charge in [0, 0.05) is 17.2 Å². The van der Waals surface area contributed by atoms with E-state index in [2.05, 4.69) is 21.2 Å². The standard InChI is InChI=1S/C17H19BrN2O2S/c1-20(17(23)19-14-5-3-4-13(18)12-14)10-11-22-16-8-6-15(21-2)7-9-16/h3-9,12H,10-11H2,1-2H3,(H,19,23). The van der Waals surface area contributed by atoms with E-state index in [9.17, 15) is 0 Å². The number of nitrogens with zero attached hydrogens (tertiary/aromatic N) is 1. The Bertz CT molecular complexity index is 649. The van der Waals surface area contributed by atoms with E-state index in [1.807, 2.05) is 60.5 Å². The molecule has 1 N–H and O–H groups in total. The van der Waals surface area contributed by atoms with Crippen LogP contribution in [0.4, 0.5) is 5.69 Å². The van der Waals surface area contributed by atoms with Crippen LogP contribution in [0, 0.1) is 0 Å². The van der Waals surface area contributed by atoms with Gasteiger partial charge in [0.1, 0.15) is 18.1 Å². The molecule has 0 spiro atoms. The van der Waals surface area contributed by atoms with E-state index in [0.29, 0.717) is 18.3 Å². The molecule has 0 atom stereocenters. The number of anilines is 1. The third kappa shape index (κ3) is 5.73. The first-order chi connectivity index (χ1) is 11.1. The molecule has 2 rings (SSSR count). The molecule has 0 saturated heterocycles. The predicted molar refractivity (Wildman–Crippen MR) is 101 cm³/mol. The highest BCUT2D eigenvalue weighted by Crippen LogP contribution is 2.17. The maximum atomic E-state index is 5.70. The summed E-state index contributed by atoms with van der Waals surface area (Å²) >= 11 is 8.83. The quantitative estimate of drug-likeness (QED) is 0.743. The number of ether oxygens (including phenoxy) is 2. The minimum Gasteiger partial charge on any atom is -0.497 e. The van der Waals surface area contributed by atoms with E-state index in [0.717, 1.165) is 21.7 Å². The first kappa shape index (κ1) is 17.6. The summed E-state index contributed by atoms with van der Waals surface area (Å²) in [7, 11) is 3.58. The molecule has 2 aromatic carbocycles. The average molecular weight is 395 g/mol. The predicted octanol–water partition coefficient (Wildman–Crippen LogP) is 4.17. The summed E-state index contributed by atoms with van der Waals surface area (Å²) in [6.45, 7) is 1.23. The van der Waals surface area contributed by atoms with Gasteiger partial charge in [-0.15, -0.1) is 0 Å². The summed E-state index contributed by atoms with van der Waals surface area (Å²) in [4.78, 5) is 1.94. The molecule has 0 heterocycles. The number of benzene rings is 2. The Kier molecular flexibility index (Phi) is 6.67. The Balaban J connectivity index is 1.77. The van der Waals surface area contributed by atoms with Gasteiger partial charge < -0.3 is 19.7 Å². The smallest absolute Gasteiger partial charge is 0.173 e. The number of nitrogens with one attached hydrogen (secondary N) is 1. The Morgan fingerprint density at radius 2 is 1.87 bits per heavy atom. The van der Waals surface area contributed by atoms with Crippen molar-refractivity contribution in [1.29, 1.82) is 0 Å². The van der Waals surface area contributed by atoms with Crippen LogP contribution in [0.5, 0.6) is 11.5 Å². The van der Waals surface area contributed by atoms with Crippen LogP contribution in [0.25, 0.3) is 0 Å². The van der Waals surface area contributed by atoms with E-state index in [1.165, 1.54) is 0 Å². The Morgan fingerprint density at radius 3 is 2.52 bits per heavy atom. The van der Waals surface area contributed by atoms with Gasteiger partial charge in [0.05, 0.1) is 13.7 Å². The summed E-state index contributed by atoms with van der Waals surface area (Å²) in [6.07, 6.45) is 0. The monoisotopic (exact) mass is 394 g/mol. The molecular formula is C17H19BrN2O2S. The van der Waals surface area contributed by atoms with Gasteiger partial charge in [0.2, 0.25) is 0 Å². The van der Waals surface area contributed by atoms with Crippen molar-refractivity contribution in [2.75, 3.05) is 32.6 Å². The molecule has 4 nitrogen and oxygen atoms in total. The van der Waals surface area contributed by atoms with E-state index >= 15 is 0 Å². The second-order valence-corrected chi connectivity index (χ2v) is 6.19. The molecular weight excluding hydrogens is 376 g/mol. The lowest BCUT2D eigenvalue weighted by Crippen LogP contribution is -2.34. The molecule has 0 amide bonds. The van der Waals surface area contributed by atoms with Crippen molar-refractivity contribution in [2.24, 2.45) is 0 Å². The van der Waals surface area contributed by atoms with E-state index < -0.39 is 0 Å². The van der Waals surface area contributed by atoms with Crippen LogP contribution < -0.4 is 14.8 Å². The normalized spacial score (nSPS) is 10.0. The second-order valence-electron chi connectivity index (χ2n) is 4.89. The highest BCUT2D eigenvalue weighted by molar-refractivity contribution is 9.10. The summed E-state index contributed by atoms with van der Waals surface area (Å²) in [5.41, 5.74) is 0.951. The molecule has 0 bridgehead atoms. The summed E-state index contributed by atoms with van der Waals surface area (Å²) in [5.74, 6) is 1.62. The molecule has 0 aliphatic heterocycles. The van der Waals surface area contributed by atoms with Crippen molar-refractivity contribution in [2.45, 2.75) is 0 Å². The van der Waals surface area contributed by atoms with Gasteiger partial charge in [-0.2, -0.15) is 0 Å². The van der Waals surface area contributed by atoms with Gasteiger partial charge in [-0.1, -0.05) is 22.0 Å². The van der Waals surface area contributed by atoms with Gasteiger partial charge in [0.25, 0.3) is 0 Å². The van der Waals surface area contributed by atoms with Crippen LogP contribution in [-0.4, -0.2) is 37.3 Å². The first-order valence-electron chi connectivity index (χ1n) is 7.13. The molecule has 0 saturated carbocycles. The number of hydrogen-bond acceptors (Lipinski definition) is 3. The van der Waals surface area contributed by atoms with Gasteiger partial charge in [-0.3, -0.25) is 0 Å². The van der Waals surface area contributed by atoms with E-state index in [1.54, 1.807) is 7.11 Å². The fourth-order valence-corrected chi connectivity index (χ4v) is 2.47. The number of likely N-dealkylation sites (N-methyl/N-ethyl adjacent to an activating group) is 1. The molecule has 122 valence electrons. The molecule has 23 heavy (non-hydrogen) atoms. The van der Waals surface area contributed by atoms with Crippen LogP contribution in [0.2, 0.25) is 0 Å². The molecule has 0 unspecified atom stereocenters. The number of methoxy groups -OCH3 is 1. The minimum atomic E-state index is 0.545. The fourth-order valence-electron chi connectivity index (χ4n) is 1.86. The maximum absolute atomic E-state index is 5.70.